The number of amides is 1. The van der Waals surface area contributed by atoms with Crippen LogP contribution in [-0.2, 0) is 9.59 Å². The number of carbonyl (C=O) groups excluding carboxylic acids is 2. The maximum Gasteiger partial charge on any atom is 0.300 e. The third-order valence-electron chi connectivity index (χ3n) is 5.74. The van der Waals surface area contributed by atoms with Gasteiger partial charge in [0, 0.05) is 11.3 Å². The van der Waals surface area contributed by atoms with Crippen LogP contribution in [0.2, 0.25) is 0 Å². The van der Waals surface area contributed by atoms with Crippen LogP contribution in [0.3, 0.4) is 0 Å². The van der Waals surface area contributed by atoms with Crippen molar-refractivity contribution in [2.45, 2.75) is 26.8 Å². The second kappa shape index (κ2) is 9.70. The average molecular weight is 478 g/mol. The van der Waals surface area contributed by atoms with E-state index in [0.717, 1.165) is 16.5 Å². The molecular formula is C28H25F2NO4. The quantitative estimate of drug-likeness (QED) is 0.271. The van der Waals surface area contributed by atoms with Gasteiger partial charge in [-0.25, -0.2) is 8.78 Å². The second-order valence-electron chi connectivity index (χ2n) is 8.89. The molecule has 180 valence electrons. The number of aliphatic hydroxyl groups excluding tert-OH is 1. The molecule has 7 heteroatoms. The highest BCUT2D eigenvalue weighted by Gasteiger charge is 2.47. The molecular weight excluding hydrogens is 452 g/mol. The van der Waals surface area contributed by atoms with Gasteiger partial charge in [-0.2, -0.15) is 0 Å². The Balaban J connectivity index is 1.85. The lowest BCUT2D eigenvalue weighted by atomic mass is 9.94. The normalized spacial score (nSPS) is 17.3. The summed E-state index contributed by atoms with van der Waals surface area (Å²) in [6, 6.07) is 14.4. The summed E-state index contributed by atoms with van der Waals surface area (Å²) in [7, 11) is 0. The minimum absolute atomic E-state index is 0.147. The zero-order chi connectivity index (χ0) is 25.3. The molecule has 1 saturated heterocycles. The lowest BCUT2D eigenvalue weighted by Crippen LogP contribution is -2.29. The molecule has 1 unspecified atom stereocenters. The molecule has 1 aliphatic heterocycles. The number of halogens is 2. The van der Waals surface area contributed by atoms with Gasteiger partial charge in [0.05, 0.1) is 18.2 Å². The molecule has 1 atom stereocenters. The Morgan fingerprint density at radius 3 is 2.34 bits per heavy atom. The van der Waals surface area contributed by atoms with Crippen LogP contribution in [-0.4, -0.2) is 23.4 Å². The summed E-state index contributed by atoms with van der Waals surface area (Å²) in [6.45, 7) is 6.40. The fourth-order valence-electron chi connectivity index (χ4n) is 4.06. The van der Waals surface area contributed by atoms with Crippen molar-refractivity contribution >= 4 is 23.1 Å². The van der Waals surface area contributed by atoms with Crippen molar-refractivity contribution in [3.63, 3.8) is 0 Å². The van der Waals surface area contributed by atoms with E-state index in [9.17, 15) is 23.5 Å². The van der Waals surface area contributed by atoms with E-state index >= 15 is 0 Å². The van der Waals surface area contributed by atoms with Gasteiger partial charge in [-0.15, -0.1) is 0 Å². The van der Waals surface area contributed by atoms with Crippen LogP contribution in [0, 0.1) is 24.5 Å². The zero-order valence-corrected chi connectivity index (χ0v) is 19.6. The molecule has 0 bridgehead atoms. The number of hydrogen-bond donors (Lipinski definition) is 1. The molecule has 35 heavy (non-hydrogen) atoms. The maximum atomic E-state index is 14.0. The smallest absolute Gasteiger partial charge is 0.300 e. The lowest BCUT2D eigenvalue weighted by molar-refractivity contribution is -0.132. The zero-order valence-electron chi connectivity index (χ0n) is 19.6. The maximum absolute atomic E-state index is 14.0. The first-order chi connectivity index (χ1) is 16.7. The standard InChI is InChI=1S/C28H25F2NO4/c1-16(2)15-35-23-12-9-19(13-17(23)3)26(32)24-25(18-7-10-20(29)11-8-18)31(28(34)27(24)33)22-6-4-5-21(30)14-22/h4-14,16,25,32H,15H2,1-3H3/b26-24+. The lowest BCUT2D eigenvalue weighted by Gasteiger charge is -2.25. The molecule has 3 aromatic rings. The van der Waals surface area contributed by atoms with E-state index in [-0.39, 0.29) is 17.0 Å². The molecule has 0 spiro atoms. The Bertz CT molecular complexity index is 1310. The van der Waals surface area contributed by atoms with Crippen LogP contribution in [0.4, 0.5) is 14.5 Å². The van der Waals surface area contributed by atoms with Crippen molar-refractivity contribution in [3.8, 4) is 5.75 Å². The fraction of sp³-hybridized carbons (Fsp3) is 0.214. The molecule has 0 aliphatic carbocycles. The van der Waals surface area contributed by atoms with E-state index in [0.29, 0.717) is 29.4 Å². The van der Waals surface area contributed by atoms with Crippen LogP contribution in [0.5, 0.6) is 5.75 Å². The van der Waals surface area contributed by atoms with Gasteiger partial charge in [-0.1, -0.05) is 32.0 Å². The Labute approximate surface area is 202 Å². The van der Waals surface area contributed by atoms with Gasteiger partial charge in [0.2, 0.25) is 0 Å². The minimum atomic E-state index is -1.07. The van der Waals surface area contributed by atoms with Gasteiger partial charge < -0.3 is 9.84 Å². The molecule has 3 aromatic carbocycles. The number of nitrogens with zero attached hydrogens (tertiary/aromatic N) is 1. The average Bonchev–Trinajstić information content (AvgIpc) is 3.08. The first kappa shape index (κ1) is 24.1. The molecule has 4 rings (SSSR count). The Morgan fingerprint density at radius 2 is 1.71 bits per heavy atom. The molecule has 1 heterocycles. The van der Waals surface area contributed by atoms with Crippen molar-refractivity contribution < 1.29 is 28.2 Å². The highest BCUT2D eigenvalue weighted by atomic mass is 19.1. The number of anilines is 1. The Hall–Kier alpha value is -4.00. The molecule has 1 fully saturated rings. The third kappa shape index (κ3) is 4.80. The molecule has 0 aromatic heterocycles. The molecule has 1 N–H and O–H groups in total. The van der Waals surface area contributed by atoms with Crippen molar-refractivity contribution in [1.82, 2.24) is 0 Å². The summed E-state index contributed by atoms with van der Waals surface area (Å²) in [5.41, 5.74) is 1.44. The highest BCUT2D eigenvalue weighted by molar-refractivity contribution is 6.51. The number of hydrogen-bond acceptors (Lipinski definition) is 4. The van der Waals surface area contributed by atoms with E-state index < -0.39 is 29.4 Å². The Morgan fingerprint density at radius 1 is 1.00 bits per heavy atom. The second-order valence-corrected chi connectivity index (χ2v) is 8.89. The van der Waals surface area contributed by atoms with E-state index in [4.69, 9.17) is 4.74 Å². The van der Waals surface area contributed by atoms with Gasteiger partial charge >= 0.3 is 0 Å². The van der Waals surface area contributed by atoms with Crippen LogP contribution < -0.4 is 9.64 Å². The number of carbonyl (C=O) groups is 2. The number of aryl methyl sites for hydroxylation is 1. The van der Waals surface area contributed by atoms with Crippen LogP contribution in [0.15, 0.2) is 72.3 Å². The minimum Gasteiger partial charge on any atom is -0.507 e. The Kier molecular flexibility index (Phi) is 6.69. The molecule has 1 aliphatic rings. The van der Waals surface area contributed by atoms with Crippen molar-refractivity contribution in [1.29, 1.82) is 0 Å². The summed E-state index contributed by atoms with van der Waals surface area (Å²) in [5, 5.41) is 11.2. The predicted molar refractivity (Wildman–Crippen MR) is 129 cm³/mol. The first-order valence-electron chi connectivity index (χ1n) is 11.2. The summed E-state index contributed by atoms with van der Waals surface area (Å²) < 4.78 is 33.4. The highest BCUT2D eigenvalue weighted by Crippen LogP contribution is 2.42. The van der Waals surface area contributed by atoms with Crippen molar-refractivity contribution in [2.24, 2.45) is 5.92 Å². The van der Waals surface area contributed by atoms with Crippen LogP contribution in [0.1, 0.15) is 36.6 Å². The number of ketones is 1. The van der Waals surface area contributed by atoms with Gasteiger partial charge in [-0.3, -0.25) is 14.5 Å². The number of benzene rings is 3. The number of ether oxygens (including phenoxy) is 1. The summed E-state index contributed by atoms with van der Waals surface area (Å²) in [6.07, 6.45) is 0. The summed E-state index contributed by atoms with van der Waals surface area (Å²) >= 11 is 0. The SMILES string of the molecule is Cc1cc(/C(O)=C2\C(=O)C(=O)N(c3cccc(F)c3)C2c2ccc(F)cc2)ccc1OCC(C)C. The summed E-state index contributed by atoms with van der Waals surface area (Å²) in [4.78, 5) is 27.4. The number of rotatable bonds is 6. The van der Waals surface area contributed by atoms with E-state index in [1.807, 2.05) is 20.8 Å². The summed E-state index contributed by atoms with van der Waals surface area (Å²) in [5.74, 6) is -2.32. The van der Waals surface area contributed by atoms with Gasteiger partial charge in [-0.05, 0) is 72.5 Å². The topological polar surface area (TPSA) is 66.8 Å². The van der Waals surface area contributed by atoms with E-state index in [1.165, 1.54) is 42.5 Å². The number of Topliss-reactive ketones (excluding diaryl/α,β-unsaturated/α-hetero) is 1. The third-order valence-corrected chi connectivity index (χ3v) is 5.74. The largest absolute Gasteiger partial charge is 0.507 e. The van der Waals surface area contributed by atoms with Crippen molar-refractivity contribution in [2.75, 3.05) is 11.5 Å². The van der Waals surface area contributed by atoms with Gasteiger partial charge in [0.1, 0.15) is 23.1 Å². The molecule has 5 nitrogen and oxygen atoms in total. The number of aliphatic hydroxyl groups is 1. The van der Waals surface area contributed by atoms with E-state index in [1.54, 1.807) is 18.2 Å². The molecule has 0 saturated carbocycles. The monoisotopic (exact) mass is 477 g/mol. The van der Waals surface area contributed by atoms with Gasteiger partial charge in [0.15, 0.2) is 0 Å². The van der Waals surface area contributed by atoms with Gasteiger partial charge in [0.25, 0.3) is 11.7 Å². The molecule has 1 amide bonds. The fourth-order valence-corrected chi connectivity index (χ4v) is 4.06. The predicted octanol–water partition coefficient (Wildman–Crippen LogP) is 5.93. The van der Waals surface area contributed by atoms with Crippen LogP contribution >= 0.6 is 0 Å². The van der Waals surface area contributed by atoms with Crippen LogP contribution in [0.25, 0.3) is 5.76 Å². The van der Waals surface area contributed by atoms with Crippen molar-refractivity contribution in [3.05, 3.63) is 101 Å². The van der Waals surface area contributed by atoms with E-state index in [2.05, 4.69) is 0 Å². The first-order valence-corrected chi connectivity index (χ1v) is 11.2. The molecule has 0 radical (unpaired) electrons.